The van der Waals surface area contributed by atoms with Gasteiger partial charge in [0.2, 0.25) is 0 Å². The van der Waals surface area contributed by atoms with Gasteiger partial charge in [-0.3, -0.25) is 0 Å². The fourth-order valence-corrected chi connectivity index (χ4v) is 1.41. The number of benzene rings is 1. The number of methoxy groups -OCH3 is 1. The summed E-state index contributed by atoms with van der Waals surface area (Å²) in [7, 11) is 1.61. The zero-order chi connectivity index (χ0) is 13.4. The molecule has 1 unspecified atom stereocenters. The van der Waals surface area contributed by atoms with E-state index in [2.05, 4.69) is 5.32 Å². The van der Waals surface area contributed by atoms with E-state index in [9.17, 15) is 9.50 Å². The Morgan fingerprint density at radius 2 is 2.22 bits per heavy atom. The minimum Gasteiger partial charge on any atom is -0.488 e. The molecule has 0 saturated carbocycles. The lowest BCUT2D eigenvalue weighted by Gasteiger charge is -2.13. The van der Waals surface area contributed by atoms with Crippen LogP contribution in [0.1, 0.15) is 5.56 Å². The highest BCUT2D eigenvalue weighted by Gasteiger charge is 2.08. The van der Waals surface area contributed by atoms with Crippen LogP contribution in [-0.4, -0.2) is 44.6 Å². The Hall–Kier alpha value is -1.17. The Morgan fingerprint density at radius 1 is 1.44 bits per heavy atom. The van der Waals surface area contributed by atoms with Crippen molar-refractivity contribution in [3.8, 4) is 5.75 Å². The SMILES string of the molecule is COCCNCC(O)COc1cc(C)ccc1F. The molecule has 0 bridgehead atoms. The molecule has 0 aromatic heterocycles. The standard InChI is InChI=1S/C13H20FNO3/c1-10-3-4-12(14)13(7-10)18-9-11(16)8-15-5-6-17-2/h3-4,7,11,15-16H,5-6,8-9H2,1-2H3. The lowest BCUT2D eigenvalue weighted by Crippen LogP contribution is -2.33. The Labute approximate surface area is 107 Å². The smallest absolute Gasteiger partial charge is 0.165 e. The first-order valence-corrected chi connectivity index (χ1v) is 5.90. The van der Waals surface area contributed by atoms with Crippen LogP contribution in [0.4, 0.5) is 4.39 Å². The summed E-state index contributed by atoms with van der Waals surface area (Å²) in [5, 5.41) is 12.6. The summed E-state index contributed by atoms with van der Waals surface area (Å²) in [5.41, 5.74) is 0.916. The van der Waals surface area contributed by atoms with E-state index < -0.39 is 11.9 Å². The van der Waals surface area contributed by atoms with Gasteiger partial charge in [-0.2, -0.15) is 0 Å². The maximum absolute atomic E-state index is 13.3. The van der Waals surface area contributed by atoms with Crippen LogP contribution < -0.4 is 10.1 Å². The molecule has 0 amide bonds. The Morgan fingerprint density at radius 3 is 2.94 bits per heavy atom. The molecule has 4 nitrogen and oxygen atoms in total. The third kappa shape index (κ3) is 5.44. The topological polar surface area (TPSA) is 50.7 Å². The number of aliphatic hydroxyl groups is 1. The second kappa shape index (κ2) is 8.02. The number of rotatable bonds is 8. The van der Waals surface area contributed by atoms with Crippen LogP contribution in [0.3, 0.4) is 0 Å². The summed E-state index contributed by atoms with van der Waals surface area (Å²) in [4.78, 5) is 0. The van der Waals surface area contributed by atoms with Crippen LogP contribution in [0.5, 0.6) is 5.75 Å². The molecule has 1 aromatic carbocycles. The summed E-state index contributed by atoms with van der Waals surface area (Å²) in [6.45, 7) is 3.54. The van der Waals surface area contributed by atoms with Gasteiger partial charge in [0.05, 0.1) is 6.61 Å². The third-order valence-corrected chi connectivity index (χ3v) is 2.38. The van der Waals surface area contributed by atoms with E-state index in [1.807, 2.05) is 6.92 Å². The molecular weight excluding hydrogens is 237 g/mol. The van der Waals surface area contributed by atoms with E-state index in [1.165, 1.54) is 6.07 Å². The average Bonchev–Trinajstić information content (AvgIpc) is 2.36. The lowest BCUT2D eigenvalue weighted by atomic mass is 10.2. The van der Waals surface area contributed by atoms with Crippen molar-refractivity contribution in [2.24, 2.45) is 0 Å². The number of halogens is 1. The second-order valence-corrected chi connectivity index (χ2v) is 4.10. The molecule has 1 atom stereocenters. The number of nitrogens with one attached hydrogen (secondary N) is 1. The summed E-state index contributed by atoms with van der Waals surface area (Å²) in [6, 6.07) is 4.64. The van der Waals surface area contributed by atoms with Gasteiger partial charge in [-0.25, -0.2) is 4.39 Å². The normalized spacial score (nSPS) is 12.4. The lowest BCUT2D eigenvalue weighted by molar-refractivity contribution is 0.101. The van der Waals surface area contributed by atoms with E-state index in [4.69, 9.17) is 9.47 Å². The second-order valence-electron chi connectivity index (χ2n) is 4.10. The maximum atomic E-state index is 13.3. The van der Waals surface area contributed by atoms with Crippen molar-refractivity contribution in [2.75, 3.05) is 33.4 Å². The van der Waals surface area contributed by atoms with Gasteiger partial charge in [-0.05, 0) is 24.6 Å². The molecule has 102 valence electrons. The number of hydrogen-bond donors (Lipinski definition) is 2. The first-order chi connectivity index (χ1) is 8.63. The predicted octanol–water partition coefficient (Wildman–Crippen LogP) is 1.11. The molecule has 0 saturated heterocycles. The highest BCUT2D eigenvalue weighted by atomic mass is 19.1. The van der Waals surface area contributed by atoms with Crippen LogP contribution >= 0.6 is 0 Å². The third-order valence-electron chi connectivity index (χ3n) is 2.38. The molecule has 5 heteroatoms. The van der Waals surface area contributed by atoms with Crippen molar-refractivity contribution in [1.29, 1.82) is 0 Å². The zero-order valence-corrected chi connectivity index (χ0v) is 10.8. The fraction of sp³-hybridized carbons (Fsp3) is 0.538. The summed E-state index contributed by atoms with van der Waals surface area (Å²) in [6.07, 6.45) is -0.679. The molecule has 2 N–H and O–H groups in total. The van der Waals surface area contributed by atoms with Crippen molar-refractivity contribution in [3.05, 3.63) is 29.6 Å². The van der Waals surface area contributed by atoms with E-state index in [-0.39, 0.29) is 12.4 Å². The van der Waals surface area contributed by atoms with Gasteiger partial charge in [0.15, 0.2) is 11.6 Å². The number of aryl methyl sites for hydroxylation is 1. The summed E-state index contributed by atoms with van der Waals surface area (Å²) >= 11 is 0. The van der Waals surface area contributed by atoms with E-state index in [0.29, 0.717) is 19.7 Å². The van der Waals surface area contributed by atoms with Crippen molar-refractivity contribution in [1.82, 2.24) is 5.32 Å². The molecule has 0 spiro atoms. The van der Waals surface area contributed by atoms with Gasteiger partial charge < -0.3 is 19.9 Å². The highest BCUT2D eigenvalue weighted by Crippen LogP contribution is 2.18. The minimum atomic E-state index is -0.679. The molecule has 0 aliphatic heterocycles. The van der Waals surface area contributed by atoms with Crippen molar-refractivity contribution in [3.63, 3.8) is 0 Å². The van der Waals surface area contributed by atoms with E-state index in [1.54, 1.807) is 19.2 Å². The van der Waals surface area contributed by atoms with Crippen LogP contribution in [0.15, 0.2) is 18.2 Å². The van der Waals surface area contributed by atoms with Crippen LogP contribution in [-0.2, 0) is 4.74 Å². The monoisotopic (exact) mass is 257 g/mol. The molecule has 1 rings (SSSR count). The molecule has 0 radical (unpaired) electrons. The quantitative estimate of drug-likeness (QED) is 0.685. The zero-order valence-electron chi connectivity index (χ0n) is 10.8. The van der Waals surface area contributed by atoms with Gasteiger partial charge in [0, 0.05) is 20.2 Å². The number of aliphatic hydroxyl groups excluding tert-OH is 1. The Bertz CT molecular complexity index is 360. The largest absolute Gasteiger partial charge is 0.488 e. The molecule has 1 aromatic rings. The van der Waals surface area contributed by atoms with Crippen LogP contribution in [0.25, 0.3) is 0 Å². The van der Waals surface area contributed by atoms with E-state index in [0.717, 1.165) is 5.56 Å². The number of hydrogen-bond acceptors (Lipinski definition) is 4. The Balaban J connectivity index is 2.29. The predicted molar refractivity (Wildman–Crippen MR) is 67.4 cm³/mol. The van der Waals surface area contributed by atoms with Crippen molar-refractivity contribution < 1.29 is 19.0 Å². The summed E-state index contributed by atoms with van der Waals surface area (Å²) < 4.78 is 23.4. The first kappa shape index (κ1) is 14.9. The minimum absolute atomic E-state index is 0.0559. The van der Waals surface area contributed by atoms with Crippen molar-refractivity contribution in [2.45, 2.75) is 13.0 Å². The number of ether oxygens (including phenoxy) is 2. The van der Waals surface area contributed by atoms with Gasteiger partial charge in [-0.15, -0.1) is 0 Å². The first-order valence-electron chi connectivity index (χ1n) is 5.90. The molecule has 0 heterocycles. The van der Waals surface area contributed by atoms with Gasteiger partial charge in [-0.1, -0.05) is 6.07 Å². The summed E-state index contributed by atoms with van der Waals surface area (Å²) in [5.74, 6) is -0.244. The molecule has 0 fully saturated rings. The molecular formula is C13H20FNO3. The van der Waals surface area contributed by atoms with E-state index >= 15 is 0 Å². The van der Waals surface area contributed by atoms with Gasteiger partial charge in [0.1, 0.15) is 12.7 Å². The van der Waals surface area contributed by atoms with Crippen LogP contribution in [0, 0.1) is 12.7 Å². The van der Waals surface area contributed by atoms with Gasteiger partial charge >= 0.3 is 0 Å². The molecule has 18 heavy (non-hydrogen) atoms. The fourth-order valence-electron chi connectivity index (χ4n) is 1.41. The van der Waals surface area contributed by atoms with Gasteiger partial charge in [0.25, 0.3) is 0 Å². The maximum Gasteiger partial charge on any atom is 0.165 e. The highest BCUT2D eigenvalue weighted by molar-refractivity contribution is 5.29. The van der Waals surface area contributed by atoms with Crippen LogP contribution in [0.2, 0.25) is 0 Å². The Kier molecular flexibility index (Phi) is 6.64. The molecule has 0 aliphatic rings. The molecule has 0 aliphatic carbocycles. The van der Waals surface area contributed by atoms with Crippen molar-refractivity contribution >= 4 is 0 Å². The average molecular weight is 257 g/mol.